The van der Waals surface area contributed by atoms with Crippen molar-refractivity contribution in [2.24, 2.45) is 0 Å². The molecule has 1 saturated heterocycles. The van der Waals surface area contributed by atoms with Gasteiger partial charge < -0.3 is 24.1 Å². The fourth-order valence-electron chi connectivity index (χ4n) is 3.24. The van der Waals surface area contributed by atoms with Crippen molar-refractivity contribution < 1.29 is 23.8 Å². The second-order valence-electron chi connectivity index (χ2n) is 6.89. The van der Waals surface area contributed by atoms with Crippen molar-refractivity contribution in [1.82, 2.24) is 9.80 Å². The van der Waals surface area contributed by atoms with Crippen molar-refractivity contribution in [2.75, 3.05) is 33.8 Å². The number of hydrogen-bond acceptors (Lipinski definition) is 6. The molecule has 1 amide bonds. The van der Waals surface area contributed by atoms with E-state index in [1.165, 1.54) is 17.2 Å². The van der Waals surface area contributed by atoms with Gasteiger partial charge in [-0.05, 0) is 51.4 Å². The number of furan rings is 1. The van der Waals surface area contributed by atoms with Gasteiger partial charge in [0.05, 0.1) is 23.5 Å². The molecule has 1 unspecified atom stereocenters. The summed E-state index contributed by atoms with van der Waals surface area (Å²) in [5, 5.41) is 11.2. The van der Waals surface area contributed by atoms with Crippen molar-refractivity contribution >= 4 is 29.1 Å². The van der Waals surface area contributed by atoms with Gasteiger partial charge in [0.1, 0.15) is 23.3 Å². The van der Waals surface area contributed by atoms with Crippen LogP contribution in [-0.2, 0) is 9.59 Å². The lowest BCUT2D eigenvalue weighted by atomic mass is 9.99. The minimum Gasteiger partial charge on any atom is -0.507 e. The summed E-state index contributed by atoms with van der Waals surface area (Å²) in [5.74, 6) is -0.858. The maximum absolute atomic E-state index is 12.8. The largest absolute Gasteiger partial charge is 0.507 e. The topological polar surface area (TPSA) is 83.2 Å². The van der Waals surface area contributed by atoms with Gasteiger partial charge in [0, 0.05) is 18.7 Å². The number of amides is 1. The lowest BCUT2D eigenvalue weighted by molar-refractivity contribution is -0.140. The molecule has 2 heterocycles. The summed E-state index contributed by atoms with van der Waals surface area (Å²) in [4.78, 5) is 28.8. The molecule has 3 rings (SSSR count). The van der Waals surface area contributed by atoms with Gasteiger partial charge >= 0.3 is 0 Å². The highest BCUT2D eigenvalue weighted by Crippen LogP contribution is 2.40. The summed E-state index contributed by atoms with van der Waals surface area (Å²) in [6, 6.07) is 7.26. The van der Waals surface area contributed by atoms with Crippen molar-refractivity contribution in [3.05, 3.63) is 58.5 Å². The van der Waals surface area contributed by atoms with E-state index in [0.29, 0.717) is 41.8 Å². The molecule has 1 aliphatic heterocycles. The zero-order chi connectivity index (χ0) is 21.1. The van der Waals surface area contributed by atoms with Crippen molar-refractivity contribution in [2.45, 2.75) is 13.0 Å². The molecule has 7 nitrogen and oxygen atoms in total. The Balaban J connectivity index is 2.08. The third kappa shape index (κ3) is 4.16. The summed E-state index contributed by atoms with van der Waals surface area (Å²) in [6.07, 6.45) is 1.47. The van der Waals surface area contributed by atoms with E-state index in [9.17, 15) is 14.7 Å². The summed E-state index contributed by atoms with van der Waals surface area (Å²) in [7, 11) is 3.75. The molecule has 2 aromatic rings. The first-order valence-electron chi connectivity index (χ1n) is 9.24. The average Bonchev–Trinajstić information content (AvgIpc) is 3.29. The number of carbonyl (C=O) groups is 2. The number of nitrogens with zero attached hydrogens (tertiary/aromatic N) is 2. The normalized spacial score (nSPS) is 18.7. The van der Waals surface area contributed by atoms with Crippen LogP contribution in [-0.4, -0.2) is 60.4 Å². The van der Waals surface area contributed by atoms with Crippen LogP contribution in [0, 0.1) is 0 Å². The van der Waals surface area contributed by atoms with Crippen molar-refractivity contribution in [3.8, 4) is 5.75 Å². The molecule has 0 saturated carbocycles. The van der Waals surface area contributed by atoms with Gasteiger partial charge in [0.2, 0.25) is 0 Å². The highest BCUT2D eigenvalue weighted by Gasteiger charge is 2.47. The van der Waals surface area contributed by atoms with Crippen molar-refractivity contribution in [3.63, 3.8) is 0 Å². The Kier molecular flexibility index (Phi) is 6.30. The summed E-state index contributed by atoms with van der Waals surface area (Å²) in [5.41, 5.74) is 0.296. The number of rotatable bonds is 7. The molecule has 0 aliphatic carbocycles. The lowest BCUT2D eigenvalue weighted by Crippen LogP contribution is -2.35. The van der Waals surface area contributed by atoms with E-state index in [-0.39, 0.29) is 11.3 Å². The fraction of sp³-hybridized carbons (Fsp3) is 0.333. The van der Waals surface area contributed by atoms with E-state index in [2.05, 4.69) is 0 Å². The van der Waals surface area contributed by atoms with Crippen LogP contribution in [0.1, 0.15) is 24.3 Å². The summed E-state index contributed by atoms with van der Waals surface area (Å²) in [6.45, 7) is 3.15. The highest BCUT2D eigenvalue weighted by molar-refractivity contribution is 6.46. The number of likely N-dealkylation sites (N-methyl/N-ethyl adjacent to an activating group) is 1. The Bertz CT molecular complexity index is 937. The molecule has 1 N–H and O–H groups in total. The number of hydrogen-bond donors (Lipinski definition) is 1. The van der Waals surface area contributed by atoms with Gasteiger partial charge in [-0.15, -0.1) is 0 Å². The van der Waals surface area contributed by atoms with Crippen LogP contribution < -0.4 is 4.74 Å². The Morgan fingerprint density at radius 2 is 2.07 bits per heavy atom. The summed E-state index contributed by atoms with van der Waals surface area (Å²) >= 11 is 6.23. The first-order valence-corrected chi connectivity index (χ1v) is 9.62. The van der Waals surface area contributed by atoms with E-state index >= 15 is 0 Å². The smallest absolute Gasteiger partial charge is 0.295 e. The van der Waals surface area contributed by atoms with Crippen LogP contribution in [0.25, 0.3) is 5.76 Å². The Morgan fingerprint density at radius 1 is 1.31 bits per heavy atom. The molecule has 154 valence electrons. The number of aliphatic hydroxyl groups is 1. The second kappa shape index (κ2) is 8.71. The maximum atomic E-state index is 12.8. The number of aliphatic hydroxyl groups excluding tert-OH is 1. The van der Waals surface area contributed by atoms with Gasteiger partial charge in [0.25, 0.3) is 11.7 Å². The quantitative estimate of drug-likeness (QED) is 0.422. The zero-order valence-electron chi connectivity index (χ0n) is 16.5. The average molecular weight is 419 g/mol. The van der Waals surface area contributed by atoms with Gasteiger partial charge in [-0.1, -0.05) is 11.6 Å². The molecule has 1 atom stereocenters. The number of benzene rings is 1. The molecule has 1 aliphatic rings. The molecule has 8 heteroatoms. The van der Waals surface area contributed by atoms with Crippen LogP contribution in [0.4, 0.5) is 0 Å². The monoisotopic (exact) mass is 418 g/mol. The predicted molar refractivity (Wildman–Crippen MR) is 109 cm³/mol. The lowest BCUT2D eigenvalue weighted by Gasteiger charge is -2.24. The number of carbonyl (C=O) groups excluding carboxylic acids is 2. The predicted octanol–water partition coefficient (Wildman–Crippen LogP) is 3.32. The van der Waals surface area contributed by atoms with Crippen LogP contribution in [0.2, 0.25) is 5.02 Å². The molecular formula is C21H23ClN2O5. The van der Waals surface area contributed by atoms with Gasteiger partial charge in [0.15, 0.2) is 0 Å². The molecule has 0 spiro atoms. The van der Waals surface area contributed by atoms with E-state index in [4.69, 9.17) is 20.8 Å². The number of ether oxygens (including phenoxy) is 1. The molecule has 0 radical (unpaired) electrons. The van der Waals surface area contributed by atoms with E-state index in [1.54, 1.807) is 24.3 Å². The van der Waals surface area contributed by atoms with Crippen LogP contribution in [0.15, 0.2) is 46.6 Å². The van der Waals surface area contributed by atoms with Crippen molar-refractivity contribution in [1.29, 1.82) is 0 Å². The first kappa shape index (κ1) is 21.0. The van der Waals surface area contributed by atoms with Gasteiger partial charge in [-0.3, -0.25) is 9.59 Å². The van der Waals surface area contributed by atoms with Crippen LogP contribution in [0.3, 0.4) is 0 Å². The Labute approximate surface area is 174 Å². The van der Waals surface area contributed by atoms with Crippen LogP contribution >= 0.6 is 11.6 Å². The molecule has 1 fully saturated rings. The van der Waals surface area contributed by atoms with Crippen LogP contribution in [0.5, 0.6) is 5.75 Å². The number of halogens is 1. The molecule has 1 aromatic carbocycles. The Morgan fingerprint density at radius 3 is 2.66 bits per heavy atom. The number of ketones is 1. The minimum atomic E-state index is -0.810. The molecule has 29 heavy (non-hydrogen) atoms. The first-order chi connectivity index (χ1) is 13.8. The third-order valence-corrected chi connectivity index (χ3v) is 4.94. The van der Waals surface area contributed by atoms with E-state index < -0.39 is 17.7 Å². The molecule has 1 aromatic heterocycles. The second-order valence-corrected chi connectivity index (χ2v) is 7.30. The zero-order valence-corrected chi connectivity index (χ0v) is 17.3. The SMILES string of the molecule is CCOc1ccc(/C(O)=C2/C(=O)C(=O)N(CCN(C)C)C2c2ccco2)cc1Cl. The standard InChI is InChI=1S/C21H23ClN2O5/c1-4-28-15-8-7-13(12-14(15)22)19(25)17-18(16-6-5-11-29-16)24(10-9-23(2)3)21(27)20(17)26/h5-8,11-12,18,25H,4,9-10H2,1-3H3/b19-17-. The number of Topliss-reactive ketones (excluding diaryl/α,β-unsaturated/α-hetero) is 1. The maximum Gasteiger partial charge on any atom is 0.295 e. The fourth-order valence-corrected chi connectivity index (χ4v) is 3.47. The van der Waals surface area contributed by atoms with E-state index in [0.717, 1.165) is 0 Å². The Hall–Kier alpha value is -2.77. The van der Waals surface area contributed by atoms with Gasteiger partial charge in [-0.25, -0.2) is 0 Å². The third-order valence-electron chi connectivity index (χ3n) is 4.65. The molecular weight excluding hydrogens is 396 g/mol. The highest BCUT2D eigenvalue weighted by atomic mass is 35.5. The minimum absolute atomic E-state index is 0.0241. The number of likely N-dealkylation sites (tertiary alicyclic amines) is 1. The molecule has 0 bridgehead atoms. The summed E-state index contributed by atoms with van der Waals surface area (Å²) < 4.78 is 10.9. The van der Waals surface area contributed by atoms with E-state index in [1.807, 2.05) is 25.9 Å². The van der Waals surface area contributed by atoms with Gasteiger partial charge in [-0.2, -0.15) is 0 Å².